The first-order chi connectivity index (χ1) is 12.1. The van der Waals surface area contributed by atoms with Crippen molar-refractivity contribution in [2.24, 2.45) is 5.18 Å². The number of esters is 1. The monoisotopic (exact) mass is 345 g/mol. The first-order valence-electron chi connectivity index (χ1n) is 7.71. The van der Waals surface area contributed by atoms with Crippen molar-refractivity contribution in [2.45, 2.75) is 20.0 Å². The Labute approximate surface area is 144 Å². The van der Waals surface area contributed by atoms with E-state index in [9.17, 15) is 9.70 Å². The van der Waals surface area contributed by atoms with E-state index in [1.54, 1.807) is 6.92 Å². The Morgan fingerprint density at radius 1 is 1.28 bits per heavy atom. The molecule has 0 unspecified atom stereocenters. The summed E-state index contributed by atoms with van der Waals surface area (Å²) in [5.74, 6) is -0.355. The van der Waals surface area contributed by atoms with Crippen LogP contribution in [0.1, 0.15) is 18.9 Å². The maximum absolute atomic E-state index is 11.4. The number of aromatic nitrogens is 2. The van der Waals surface area contributed by atoms with Gasteiger partial charge in [0.1, 0.15) is 6.61 Å². The number of hydrogen-bond acceptors (Lipinski definition) is 9. The van der Waals surface area contributed by atoms with Crippen LogP contribution in [0.2, 0.25) is 0 Å². The van der Waals surface area contributed by atoms with Crippen molar-refractivity contribution in [3.63, 3.8) is 0 Å². The Morgan fingerprint density at radius 2 is 2.04 bits per heavy atom. The third-order valence-electron chi connectivity index (χ3n) is 3.11. The first-order valence-corrected chi connectivity index (χ1v) is 7.71. The Hall–Kier alpha value is -3.23. The zero-order valence-electron chi connectivity index (χ0n) is 13.8. The largest absolute Gasteiger partial charge is 0.471 e. The molecule has 0 spiro atoms. The van der Waals surface area contributed by atoms with Gasteiger partial charge in [0, 0.05) is 6.54 Å². The minimum Gasteiger partial charge on any atom is -0.471 e. The number of nitroso groups, excluding NO2 is 1. The van der Waals surface area contributed by atoms with Crippen molar-refractivity contribution < 1.29 is 14.3 Å². The van der Waals surface area contributed by atoms with Gasteiger partial charge in [0.2, 0.25) is 11.6 Å². The van der Waals surface area contributed by atoms with Crippen LogP contribution in [0.4, 0.5) is 17.5 Å². The van der Waals surface area contributed by atoms with E-state index in [1.165, 1.54) is 0 Å². The molecule has 1 heterocycles. The van der Waals surface area contributed by atoms with Gasteiger partial charge in [0.05, 0.1) is 13.0 Å². The molecule has 0 radical (unpaired) electrons. The van der Waals surface area contributed by atoms with Crippen molar-refractivity contribution in [1.82, 2.24) is 9.97 Å². The van der Waals surface area contributed by atoms with Crippen LogP contribution in [-0.2, 0) is 16.1 Å². The molecule has 0 saturated carbocycles. The Morgan fingerprint density at radius 3 is 2.72 bits per heavy atom. The molecule has 0 bridgehead atoms. The van der Waals surface area contributed by atoms with Crippen LogP contribution in [-0.4, -0.2) is 29.1 Å². The molecule has 0 aliphatic rings. The predicted octanol–water partition coefficient (Wildman–Crippen LogP) is 2.40. The van der Waals surface area contributed by atoms with Crippen molar-refractivity contribution in [2.75, 3.05) is 24.2 Å². The minimum absolute atomic E-state index is 0.0232. The highest BCUT2D eigenvalue weighted by molar-refractivity contribution is 5.71. The third kappa shape index (κ3) is 5.41. The van der Waals surface area contributed by atoms with E-state index in [4.69, 9.17) is 15.2 Å². The van der Waals surface area contributed by atoms with Gasteiger partial charge in [-0.3, -0.25) is 4.79 Å². The second-order valence-corrected chi connectivity index (χ2v) is 4.93. The number of anilines is 2. The van der Waals surface area contributed by atoms with Crippen molar-refractivity contribution >= 4 is 23.4 Å². The number of hydrogen-bond donors (Lipinski definition) is 2. The van der Waals surface area contributed by atoms with Gasteiger partial charge >= 0.3 is 5.97 Å². The Balaban J connectivity index is 2.08. The van der Waals surface area contributed by atoms with Crippen LogP contribution in [0.3, 0.4) is 0 Å². The van der Waals surface area contributed by atoms with Crippen LogP contribution >= 0.6 is 0 Å². The Kier molecular flexibility index (Phi) is 6.64. The fraction of sp³-hybridized carbons (Fsp3) is 0.312. The lowest BCUT2D eigenvalue weighted by Crippen LogP contribution is -2.13. The molecule has 0 fully saturated rings. The highest BCUT2D eigenvalue weighted by atomic mass is 16.5. The number of benzene rings is 1. The zero-order chi connectivity index (χ0) is 18.1. The number of carbonyl (C=O) groups excluding carboxylic acids is 1. The summed E-state index contributed by atoms with van der Waals surface area (Å²) in [7, 11) is 0. The molecule has 0 aliphatic heterocycles. The number of rotatable bonds is 9. The highest BCUT2D eigenvalue weighted by Crippen LogP contribution is 2.33. The molecule has 0 aliphatic carbocycles. The van der Waals surface area contributed by atoms with Crippen LogP contribution in [0, 0.1) is 4.91 Å². The molecule has 0 atom stereocenters. The molecule has 0 saturated heterocycles. The van der Waals surface area contributed by atoms with E-state index < -0.39 is 0 Å². The lowest BCUT2D eigenvalue weighted by Gasteiger charge is -2.11. The summed E-state index contributed by atoms with van der Waals surface area (Å²) in [6, 6.07) is 9.37. The normalized spacial score (nSPS) is 10.1. The summed E-state index contributed by atoms with van der Waals surface area (Å²) in [6.45, 7) is 2.43. The fourth-order valence-electron chi connectivity index (χ4n) is 2.00. The summed E-state index contributed by atoms with van der Waals surface area (Å²) in [4.78, 5) is 30.4. The maximum Gasteiger partial charge on any atom is 0.307 e. The molecular weight excluding hydrogens is 326 g/mol. The van der Waals surface area contributed by atoms with Crippen molar-refractivity contribution in [3.8, 4) is 5.88 Å². The van der Waals surface area contributed by atoms with Crippen LogP contribution in [0.25, 0.3) is 0 Å². The number of carbonyl (C=O) groups is 1. The second-order valence-electron chi connectivity index (χ2n) is 4.93. The zero-order valence-corrected chi connectivity index (χ0v) is 13.8. The number of nitrogens with one attached hydrogen (secondary N) is 1. The SMILES string of the molecule is CCOC(=O)CCNc1nc(N)nc(OCc2ccccc2)c1N=O. The molecule has 25 heavy (non-hydrogen) atoms. The molecule has 132 valence electrons. The summed E-state index contributed by atoms with van der Waals surface area (Å²) in [5.41, 5.74) is 6.45. The molecule has 9 nitrogen and oxygen atoms in total. The van der Waals surface area contributed by atoms with Crippen molar-refractivity contribution in [1.29, 1.82) is 0 Å². The smallest absolute Gasteiger partial charge is 0.307 e. The van der Waals surface area contributed by atoms with Gasteiger partial charge in [0.25, 0.3) is 5.88 Å². The molecule has 2 aromatic rings. The number of nitrogens with zero attached hydrogens (tertiary/aromatic N) is 3. The van der Waals surface area contributed by atoms with Gasteiger partial charge < -0.3 is 20.5 Å². The average Bonchev–Trinajstić information content (AvgIpc) is 2.61. The predicted molar refractivity (Wildman–Crippen MR) is 92.4 cm³/mol. The van der Waals surface area contributed by atoms with Crippen LogP contribution < -0.4 is 15.8 Å². The maximum atomic E-state index is 11.4. The molecule has 3 N–H and O–H groups in total. The summed E-state index contributed by atoms with van der Waals surface area (Å²) >= 11 is 0. The minimum atomic E-state index is -0.363. The molecule has 9 heteroatoms. The van der Waals surface area contributed by atoms with Gasteiger partial charge in [-0.1, -0.05) is 30.3 Å². The van der Waals surface area contributed by atoms with E-state index in [2.05, 4.69) is 20.5 Å². The quantitative estimate of drug-likeness (QED) is 0.523. The fourth-order valence-corrected chi connectivity index (χ4v) is 2.00. The topological polar surface area (TPSA) is 129 Å². The van der Waals surface area contributed by atoms with Gasteiger partial charge in [-0.05, 0) is 17.7 Å². The van der Waals surface area contributed by atoms with E-state index in [1.807, 2.05) is 30.3 Å². The van der Waals surface area contributed by atoms with Crippen molar-refractivity contribution in [3.05, 3.63) is 40.8 Å². The standard InChI is InChI=1S/C16H19N5O4/c1-2-24-12(22)8-9-18-14-13(21-23)15(20-16(17)19-14)25-10-11-6-4-3-5-7-11/h3-7H,2,8-10H2,1H3,(H3,17,18,19,20). The summed E-state index contributed by atoms with van der Waals surface area (Å²) < 4.78 is 10.4. The van der Waals surface area contributed by atoms with Gasteiger partial charge in [-0.15, -0.1) is 4.91 Å². The molecule has 1 aromatic heterocycles. The van der Waals surface area contributed by atoms with E-state index in [0.717, 1.165) is 5.56 Å². The Bertz CT molecular complexity index is 724. The van der Waals surface area contributed by atoms with Gasteiger partial charge in [0.15, 0.2) is 5.82 Å². The molecular formula is C16H19N5O4. The number of ether oxygens (including phenoxy) is 2. The highest BCUT2D eigenvalue weighted by Gasteiger charge is 2.16. The van der Waals surface area contributed by atoms with Crippen LogP contribution in [0.15, 0.2) is 35.5 Å². The third-order valence-corrected chi connectivity index (χ3v) is 3.11. The van der Waals surface area contributed by atoms with E-state index in [-0.39, 0.29) is 48.9 Å². The van der Waals surface area contributed by atoms with E-state index >= 15 is 0 Å². The van der Waals surface area contributed by atoms with Gasteiger partial charge in [-0.2, -0.15) is 9.97 Å². The molecule has 2 rings (SSSR count). The van der Waals surface area contributed by atoms with Crippen LogP contribution in [0.5, 0.6) is 5.88 Å². The summed E-state index contributed by atoms with van der Waals surface area (Å²) in [5, 5.41) is 5.75. The number of nitrogens with two attached hydrogens (primary N) is 1. The van der Waals surface area contributed by atoms with Gasteiger partial charge in [-0.25, -0.2) is 0 Å². The first kappa shape index (κ1) is 18.1. The molecule has 0 amide bonds. The average molecular weight is 345 g/mol. The second kappa shape index (κ2) is 9.16. The lowest BCUT2D eigenvalue weighted by molar-refractivity contribution is -0.142. The summed E-state index contributed by atoms with van der Waals surface area (Å²) in [6.07, 6.45) is 0.107. The van der Waals surface area contributed by atoms with E-state index in [0.29, 0.717) is 6.61 Å². The number of nitrogen functional groups attached to an aromatic ring is 1. The lowest BCUT2D eigenvalue weighted by atomic mass is 10.2. The molecule has 1 aromatic carbocycles.